The van der Waals surface area contributed by atoms with Gasteiger partial charge in [0.15, 0.2) is 0 Å². The van der Waals surface area contributed by atoms with Gasteiger partial charge in [-0.2, -0.15) is 5.26 Å². The van der Waals surface area contributed by atoms with Gasteiger partial charge in [-0.1, -0.05) is 18.2 Å². The van der Waals surface area contributed by atoms with Crippen LogP contribution in [0.3, 0.4) is 0 Å². The molecule has 0 radical (unpaired) electrons. The lowest BCUT2D eigenvalue weighted by atomic mass is 10.0. The third-order valence-corrected chi connectivity index (χ3v) is 1.92. The van der Waals surface area contributed by atoms with E-state index >= 15 is 0 Å². The van der Waals surface area contributed by atoms with Crippen LogP contribution in [0.4, 0.5) is 0 Å². The monoisotopic (exact) mass is 188 g/mol. The lowest BCUT2D eigenvalue weighted by Gasteiger charge is -2.12. The molecular formula is C11H12N2O. The highest BCUT2D eigenvalue weighted by Gasteiger charge is 2.11. The highest BCUT2D eigenvalue weighted by Crippen LogP contribution is 2.10. The second kappa shape index (κ2) is 4.43. The first-order valence-corrected chi connectivity index (χ1v) is 4.33. The molecule has 0 bridgehead atoms. The molecule has 0 aromatic heterocycles. The molecule has 3 nitrogen and oxygen atoms in total. The molecule has 0 unspecified atom stereocenters. The zero-order valence-corrected chi connectivity index (χ0v) is 8.32. The molecule has 0 aliphatic rings. The highest BCUT2D eigenvalue weighted by atomic mass is 16.2. The lowest BCUT2D eigenvalue weighted by molar-refractivity contribution is 0.0826. The van der Waals surface area contributed by atoms with E-state index in [0.717, 1.165) is 5.56 Å². The number of amides is 1. The van der Waals surface area contributed by atoms with Crippen LogP contribution in [0.1, 0.15) is 15.9 Å². The summed E-state index contributed by atoms with van der Waals surface area (Å²) in [4.78, 5) is 13.2. The second-order valence-electron chi connectivity index (χ2n) is 3.19. The first-order valence-electron chi connectivity index (χ1n) is 4.33. The van der Waals surface area contributed by atoms with Crippen LogP contribution in [0.25, 0.3) is 0 Å². The minimum atomic E-state index is -0.0594. The van der Waals surface area contributed by atoms with Gasteiger partial charge in [-0.3, -0.25) is 4.79 Å². The standard InChI is InChI=1S/C11H12N2O/c1-13(2)11(14)10-6-4-3-5-9(10)7-8-12/h3-6H,7H2,1-2H3. The number of carbonyl (C=O) groups is 1. The molecule has 1 aromatic rings. The summed E-state index contributed by atoms with van der Waals surface area (Å²) in [5.41, 5.74) is 1.40. The van der Waals surface area contributed by atoms with Crippen molar-refractivity contribution in [2.75, 3.05) is 14.1 Å². The van der Waals surface area contributed by atoms with E-state index in [1.54, 1.807) is 32.3 Å². The maximum absolute atomic E-state index is 11.7. The number of benzene rings is 1. The molecule has 14 heavy (non-hydrogen) atoms. The summed E-state index contributed by atoms with van der Waals surface area (Å²) in [6, 6.07) is 9.23. The Bertz CT molecular complexity index is 377. The number of carbonyl (C=O) groups excluding carboxylic acids is 1. The molecule has 0 atom stereocenters. The fourth-order valence-corrected chi connectivity index (χ4v) is 1.21. The second-order valence-corrected chi connectivity index (χ2v) is 3.19. The van der Waals surface area contributed by atoms with Gasteiger partial charge in [0.25, 0.3) is 5.91 Å². The van der Waals surface area contributed by atoms with Gasteiger partial charge in [0.05, 0.1) is 12.5 Å². The van der Waals surface area contributed by atoms with Gasteiger partial charge < -0.3 is 4.90 Å². The lowest BCUT2D eigenvalue weighted by Crippen LogP contribution is -2.22. The van der Waals surface area contributed by atoms with Gasteiger partial charge in [0.2, 0.25) is 0 Å². The van der Waals surface area contributed by atoms with Crippen molar-refractivity contribution in [2.45, 2.75) is 6.42 Å². The SMILES string of the molecule is CN(C)C(=O)c1ccccc1CC#N. The Hall–Kier alpha value is -1.82. The van der Waals surface area contributed by atoms with Crippen LogP contribution in [0.15, 0.2) is 24.3 Å². The number of nitriles is 1. The van der Waals surface area contributed by atoms with E-state index in [4.69, 9.17) is 5.26 Å². The molecule has 1 aromatic carbocycles. The van der Waals surface area contributed by atoms with Crippen molar-refractivity contribution < 1.29 is 4.79 Å². The Morgan fingerprint density at radius 1 is 1.43 bits per heavy atom. The summed E-state index contributed by atoms with van der Waals surface area (Å²) in [5.74, 6) is -0.0594. The highest BCUT2D eigenvalue weighted by molar-refractivity contribution is 5.95. The van der Waals surface area contributed by atoms with Gasteiger partial charge in [-0.25, -0.2) is 0 Å². The molecule has 0 saturated heterocycles. The van der Waals surface area contributed by atoms with Gasteiger partial charge in [0.1, 0.15) is 0 Å². The van der Waals surface area contributed by atoms with E-state index in [1.807, 2.05) is 12.1 Å². The number of hydrogen-bond donors (Lipinski definition) is 0. The zero-order valence-electron chi connectivity index (χ0n) is 8.32. The quantitative estimate of drug-likeness (QED) is 0.705. The smallest absolute Gasteiger partial charge is 0.253 e. The van der Waals surface area contributed by atoms with Crippen LogP contribution in [-0.4, -0.2) is 24.9 Å². The number of rotatable bonds is 2. The molecule has 72 valence electrons. The molecule has 1 rings (SSSR count). The molecular weight excluding hydrogens is 176 g/mol. The van der Waals surface area contributed by atoms with Crippen LogP contribution < -0.4 is 0 Å². The van der Waals surface area contributed by atoms with Crippen LogP contribution >= 0.6 is 0 Å². The normalized spacial score (nSPS) is 9.21. The molecule has 0 heterocycles. The Morgan fingerprint density at radius 3 is 2.64 bits per heavy atom. The van der Waals surface area contributed by atoms with E-state index < -0.39 is 0 Å². The molecule has 0 spiro atoms. The fourth-order valence-electron chi connectivity index (χ4n) is 1.21. The average molecular weight is 188 g/mol. The summed E-state index contributed by atoms with van der Waals surface area (Å²) >= 11 is 0. The first-order chi connectivity index (χ1) is 6.66. The fraction of sp³-hybridized carbons (Fsp3) is 0.273. The molecule has 0 saturated carbocycles. The van der Waals surface area contributed by atoms with Gasteiger partial charge in [0, 0.05) is 19.7 Å². The summed E-state index contributed by atoms with van der Waals surface area (Å²) in [7, 11) is 3.40. The predicted molar refractivity (Wildman–Crippen MR) is 53.8 cm³/mol. The van der Waals surface area contributed by atoms with E-state index in [-0.39, 0.29) is 12.3 Å². The maximum Gasteiger partial charge on any atom is 0.253 e. The predicted octanol–water partition coefficient (Wildman–Crippen LogP) is 1.45. The van der Waals surface area contributed by atoms with E-state index in [0.29, 0.717) is 5.56 Å². The van der Waals surface area contributed by atoms with Crippen molar-refractivity contribution in [3.8, 4) is 6.07 Å². The van der Waals surface area contributed by atoms with E-state index in [1.165, 1.54) is 4.90 Å². The minimum Gasteiger partial charge on any atom is -0.345 e. The Kier molecular flexibility index (Phi) is 3.24. The van der Waals surface area contributed by atoms with Crippen LogP contribution in [0.5, 0.6) is 0 Å². The first kappa shape index (κ1) is 10.3. The Labute approximate surface area is 83.6 Å². The zero-order chi connectivity index (χ0) is 10.6. The summed E-state index contributed by atoms with van der Waals surface area (Å²) in [6.07, 6.45) is 0.274. The molecule has 0 aliphatic carbocycles. The van der Waals surface area contributed by atoms with Gasteiger partial charge >= 0.3 is 0 Å². The average Bonchev–Trinajstić information content (AvgIpc) is 2.18. The van der Waals surface area contributed by atoms with Crippen molar-refractivity contribution in [3.63, 3.8) is 0 Å². The van der Waals surface area contributed by atoms with Gasteiger partial charge in [-0.15, -0.1) is 0 Å². The number of nitrogens with zero attached hydrogens (tertiary/aromatic N) is 2. The summed E-state index contributed by atoms with van der Waals surface area (Å²) in [6.45, 7) is 0. The van der Waals surface area contributed by atoms with Crippen molar-refractivity contribution in [1.29, 1.82) is 5.26 Å². The molecule has 0 N–H and O–H groups in total. The maximum atomic E-state index is 11.7. The summed E-state index contributed by atoms with van der Waals surface area (Å²) < 4.78 is 0. The van der Waals surface area contributed by atoms with Crippen LogP contribution in [0, 0.1) is 11.3 Å². The largest absolute Gasteiger partial charge is 0.345 e. The molecule has 1 amide bonds. The van der Waals surface area contributed by atoms with Crippen molar-refractivity contribution in [2.24, 2.45) is 0 Å². The van der Waals surface area contributed by atoms with Crippen molar-refractivity contribution in [1.82, 2.24) is 4.90 Å². The third kappa shape index (κ3) is 2.11. The number of hydrogen-bond acceptors (Lipinski definition) is 2. The van der Waals surface area contributed by atoms with Crippen LogP contribution in [-0.2, 0) is 6.42 Å². The molecule has 3 heteroatoms. The molecule has 0 aliphatic heterocycles. The summed E-state index contributed by atoms with van der Waals surface area (Å²) in [5, 5.41) is 8.59. The molecule has 0 fully saturated rings. The van der Waals surface area contributed by atoms with Crippen LogP contribution in [0.2, 0.25) is 0 Å². The van der Waals surface area contributed by atoms with E-state index in [2.05, 4.69) is 0 Å². The minimum absolute atomic E-state index is 0.0594. The van der Waals surface area contributed by atoms with Gasteiger partial charge in [-0.05, 0) is 11.6 Å². The Morgan fingerprint density at radius 2 is 2.07 bits per heavy atom. The third-order valence-electron chi connectivity index (χ3n) is 1.92. The Balaban J connectivity index is 3.08. The van der Waals surface area contributed by atoms with E-state index in [9.17, 15) is 4.79 Å². The van der Waals surface area contributed by atoms with Crippen molar-refractivity contribution in [3.05, 3.63) is 35.4 Å². The topological polar surface area (TPSA) is 44.1 Å². The van der Waals surface area contributed by atoms with Crippen molar-refractivity contribution >= 4 is 5.91 Å².